The number of non-ortho nitro benzene ring substituents is 1. The third-order valence-electron chi connectivity index (χ3n) is 4.94. The summed E-state index contributed by atoms with van der Waals surface area (Å²) in [6, 6.07) is 7.87. The van der Waals surface area contributed by atoms with E-state index in [0.29, 0.717) is 17.4 Å². The van der Waals surface area contributed by atoms with Gasteiger partial charge >= 0.3 is 0 Å². The van der Waals surface area contributed by atoms with Crippen LogP contribution in [-0.2, 0) is 16.1 Å². The van der Waals surface area contributed by atoms with Crippen molar-refractivity contribution in [3.05, 3.63) is 50.8 Å². The maximum atomic E-state index is 12.8. The third-order valence-corrected chi connectivity index (χ3v) is 7.20. The molecule has 2 unspecified atom stereocenters. The molecule has 2 aromatic heterocycles. The van der Waals surface area contributed by atoms with Gasteiger partial charge in [-0.25, -0.2) is 0 Å². The molecule has 0 bridgehead atoms. The van der Waals surface area contributed by atoms with Crippen molar-refractivity contribution in [2.75, 3.05) is 11.9 Å². The van der Waals surface area contributed by atoms with Gasteiger partial charge in [-0.05, 0) is 37.3 Å². The Balaban J connectivity index is 1.50. The standard InChI is InChI=1S/C20H20ClN5O4S2/c1-12(19(27)22-16-7-6-13(26(28)29)10-15(16)21)32-20-24-23-18(17-5-3-9-31-17)25(20)11-14-4-2-8-30-14/h3,5-7,9-10,12,14H,2,4,8,11H2,1H3,(H,22,27). The number of carbonyl (C=O) groups excluding carboxylic acids is 1. The number of thioether (sulfide) groups is 1. The first-order valence-electron chi connectivity index (χ1n) is 9.92. The normalized spacial score (nSPS) is 16.8. The second-order valence-electron chi connectivity index (χ2n) is 7.20. The largest absolute Gasteiger partial charge is 0.376 e. The van der Waals surface area contributed by atoms with Gasteiger partial charge in [0.05, 0.1) is 38.4 Å². The van der Waals surface area contributed by atoms with E-state index in [-0.39, 0.29) is 22.7 Å². The summed E-state index contributed by atoms with van der Waals surface area (Å²) in [5.74, 6) is 0.458. The summed E-state index contributed by atoms with van der Waals surface area (Å²) in [6.07, 6.45) is 2.09. The van der Waals surface area contributed by atoms with Gasteiger partial charge in [0.25, 0.3) is 5.69 Å². The van der Waals surface area contributed by atoms with Gasteiger partial charge < -0.3 is 10.1 Å². The molecule has 1 aliphatic heterocycles. The molecule has 3 heterocycles. The summed E-state index contributed by atoms with van der Waals surface area (Å²) in [6.45, 7) is 3.12. The Kier molecular flexibility index (Phi) is 7.09. The Hall–Kier alpha value is -2.47. The number of amides is 1. The van der Waals surface area contributed by atoms with Crippen molar-refractivity contribution in [2.45, 2.75) is 42.8 Å². The number of thiophene rings is 1. The maximum Gasteiger partial charge on any atom is 0.271 e. The first-order chi connectivity index (χ1) is 15.4. The predicted molar refractivity (Wildman–Crippen MR) is 124 cm³/mol. The highest BCUT2D eigenvalue weighted by atomic mass is 35.5. The van der Waals surface area contributed by atoms with Crippen LogP contribution in [0.4, 0.5) is 11.4 Å². The molecule has 1 aromatic carbocycles. The first-order valence-corrected chi connectivity index (χ1v) is 12.1. The fourth-order valence-corrected chi connectivity index (χ4v) is 5.08. The van der Waals surface area contributed by atoms with Gasteiger partial charge in [-0.15, -0.1) is 21.5 Å². The Morgan fingerprint density at radius 2 is 2.31 bits per heavy atom. The molecule has 1 fully saturated rings. The van der Waals surface area contributed by atoms with Crippen LogP contribution in [0, 0.1) is 10.1 Å². The molecule has 3 aromatic rings. The summed E-state index contributed by atoms with van der Waals surface area (Å²) in [4.78, 5) is 24.1. The molecule has 1 aliphatic rings. The van der Waals surface area contributed by atoms with Gasteiger partial charge in [0.1, 0.15) is 0 Å². The molecular formula is C20H20ClN5O4S2. The molecule has 0 radical (unpaired) electrons. The van der Waals surface area contributed by atoms with Crippen LogP contribution in [0.5, 0.6) is 0 Å². The van der Waals surface area contributed by atoms with E-state index in [0.717, 1.165) is 30.2 Å². The summed E-state index contributed by atoms with van der Waals surface area (Å²) < 4.78 is 7.81. The minimum absolute atomic E-state index is 0.0899. The van der Waals surface area contributed by atoms with Crippen LogP contribution >= 0.6 is 34.7 Å². The zero-order valence-corrected chi connectivity index (χ0v) is 19.5. The Bertz CT molecular complexity index is 1120. The molecule has 12 heteroatoms. The quantitative estimate of drug-likeness (QED) is 0.270. The number of anilines is 1. The van der Waals surface area contributed by atoms with Crippen molar-refractivity contribution in [3.63, 3.8) is 0 Å². The van der Waals surface area contributed by atoms with Crippen molar-refractivity contribution in [3.8, 4) is 10.7 Å². The highest BCUT2D eigenvalue weighted by molar-refractivity contribution is 8.00. The fraction of sp³-hybridized carbons (Fsp3) is 0.350. The zero-order chi connectivity index (χ0) is 22.7. The number of hydrogen-bond acceptors (Lipinski definition) is 8. The summed E-state index contributed by atoms with van der Waals surface area (Å²) in [5.41, 5.74) is 0.175. The van der Waals surface area contributed by atoms with E-state index in [1.807, 2.05) is 22.1 Å². The molecule has 1 amide bonds. The average Bonchev–Trinajstić information content (AvgIpc) is 3.53. The van der Waals surface area contributed by atoms with Gasteiger partial charge in [0.2, 0.25) is 5.91 Å². The molecule has 0 spiro atoms. The Labute approximate surface area is 197 Å². The zero-order valence-electron chi connectivity index (χ0n) is 17.1. The van der Waals surface area contributed by atoms with Crippen molar-refractivity contribution >= 4 is 52.0 Å². The van der Waals surface area contributed by atoms with Crippen LogP contribution in [0.3, 0.4) is 0 Å². The van der Waals surface area contributed by atoms with E-state index >= 15 is 0 Å². The maximum absolute atomic E-state index is 12.8. The number of aromatic nitrogens is 3. The van der Waals surface area contributed by atoms with Crippen molar-refractivity contribution < 1.29 is 14.5 Å². The van der Waals surface area contributed by atoms with Crippen LogP contribution in [-0.4, -0.2) is 43.6 Å². The van der Waals surface area contributed by atoms with E-state index in [1.165, 1.54) is 30.0 Å². The number of hydrogen-bond donors (Lipinski definition) is 1. The molecule has 0 saturated carbocycles. The first kappa shape index (κ1) is 22.7. The summed E-state index contributed by atoms with van der Waals surface area (Å²) >= 11 is 8.96. The van der Waals surface area contributed by atoms with E-state index in [9.17, 15) is 14.9 Å². The molecule has 1 N–H and O–H groups in total. The molecule has 4 rings (SSSR count). The highest BCUT2D eigenvalue weighted by Gasteiger charge is 2.25. The lowest BCUT2D eigenvalue weighted by Crippen LogP contribution is -2.24. The molecule has 168 valence electrons. The topological polar surface area (TPSA) is 112 Å². The van der Waals surface area contributed by atoms with Crippen LogP contribution in [0.2, 0.25) is 5.02 Å². The lowest BCUT2D eigenvalue weighted by molar-refractivity contribution is -0.384. The van der Waals surface area contributed by atoms with Gasteiger partial charge in [-0.3, -0.25) is 19.5 Å². The average molecular weight is 494 g/mol. The lowest BCUT2D eigenvalue weighted by Gasteiger charge is -2.16. The van der Waals surface area contributed by atoms with Gasteiger partial charge in [0, 0.05) is 18.7 Å². The van der Waals surface area contributed by atoms with Gasteiger partial charge in [-0.1, -0.05) is 29.4 Å². The van der Waals surface area contributed by atoms with Crippen LogP contribution < -0.4 is 5.32 Å². The van der Waals surface area contributed by atoms with Crippen LogP contribution in [0.15, 0.2) is 40.9 Å². The number of halogens is 1. The molecule has 9 nitrogen and oxygen atoms in total. The van der Waals surface area contributed by atoms with Gasteiger partial charge in [0.15, 0.2) is 11.0 Å². The molecule has 32 heavy (non-hydrogen) atoms. The molecule has 2 atom stereocenters. The number of ether oxygens (including phenoxy) is 1. The lowest BCUT2D eigenvalue weighted by atomic mass is 10.2. The number of nitrogens with one attached hydrogen (secondary N) is 1. The van der Waals surface area contributed by atoms with Crippen molar-refractivity contribution in [1.29, 1.82) is 0 Å². The minimum Gasteiger partial charge on any atom is -0.376 e. The Morgan fingerprint density at radius 3 is 2.97 bits per heavy atom. The van der Waals surface area contributed by atoms with Crippen LogP contribution in [0.25, 0.3) is 10.7 Å². The van der Waals surface area contributed by atoms with E-state index in [4.69, 9.17) is 16.3 Å². The second kappa shape index (κ2) is 9.99. The van der Waals surface area contributed by atoms with E-state index < -0.39 is 10.2 Å². The molecule has 0 aliphatic carbocycles. The number of nitro groups is 1. The monoisotopic (exact) mass is 493 g/mol. The smallest absolute Gasteiger partial charge is 0.271 e. The summed E-state index contributed by atoms with van der Waals surface area (Å²) in [7, 11) is 0. The minimum atomic E-state index is -0.540. The highest BCUT2D eigenvalue weighted by Crippen LogP contribution is 2.32. The van der Waals surface area contributed by atoms with Crippen molar-refractivity contribution in [2.24, 2.45) is 0 Å². The number of carbonyl (C=O) groups is 1. The fourth-order valence-electron chi connectivity index (χ4n) is 3.29. The SMILES string of the molecule is CC(Sc1nnc(-c2cccs2)n1CC1CCCO1)C(=O)Nc1ccc([N+](=O)[O-])cc1Cl. The predicted octanol–water partition coefficient (Wildman–Crippen LogP) is 4.87. The number of benzene rings is 1. The van der Waals surface area contributed by atoms with E-state index in [2.05, 4.69) is 15.5 Å². The molecule has 1 saturated heterocycles. The second-order valence-corrected chi connectivity index (χ2v) is 9.86. The van der Waals surface area contributed by atoms with Gasteiger partial charge in [-0.2, -0.15) is 0 Å². The Morgan fingerprint density at radius 1 is 1.47 bits per heavy atom. The van der Waals surface area contributed by atoms with Crippen molar-refractivity contribution in [1.82, 2.24) is 14.8 Å². The number of nitrogens with zero attached hydrogens (tertiary/aromatic N) is 4. The number of rotatable bonds is 8. The number of nitro benzene ring substituents is 1. The molecular weight excluding hydrogens is 474 g/mol. The van der Waals surface area contributed by atoms with E-state index in [1.54, 1.807) is 18.3 Å². The summed E-state index contributed by atoms with van der Waals surface area (Å²) in [5, 5.41) is 24.5. The van der Waals surface area contributed by atoms with Crippen LogP contribution in [0.1, 0.15) is 19.8 Å². The third kappa shape index (κ3) is 5.12.